The highest BCUT2D eigenvalue weighted by molar-refractivity contribution is 5.41. The third-order valence-electron chi connectivity index (χ3n) is 4.56. The molecule has 2 fully saturated rings. The lowest BCUT2D eigenvalue weighted by Gasteiger charge is -2.27. The van der Waals surface area contributed by atoms with E-state index in [2.05, 4.69) is 9.88 Å². The van der Waals surface area contributed by atoms with Crippen molar-refractivity contribution >= 4 is 5.82 Å². The monoisotopic (exact) mass is 300 g/mol. The van der Waals surface area contributed by atoms with Gasteiger partial charge in [0.25, 0.3) is 0 Å². The van der Waals surface area contributed by atoms with Crippen LogP contribution in [0.2, 0.25) is 0 Å². The first-order valence-electron chi connectivity index (χ1n) is 7.40. The molecule has 1 atom stereocenters. The topological polar surface area (TPSA) is 25.4 Å². The summed E-state index contributed by atoms with van der Waals surface area (Å²) in [6.45, 7) is 3.43. The molecule has 3 heterocycles. The fourth-order valence-corrected chi connectivity index (χ4v) is 3.31. The van der Waals surface area contributed by atoms with Gasteiger partial charge in [-0.05, 0) is 43.2 Å². The Morgan fingerprint density at radius 1 is 1.10 bits per heavy atom. The van der Waals surface area contributed by atoms with E-state index in [0.717, 1.165) is 57.8 Å². The maximum absolute atomic E-state index is 12.5. The number of hydrogen-bond acceptors (Lipinski definition) is 3. The van der Waals surface area contributed by atoms with Crippen molar-refractivity contribution in [3.63, 3.8) is 0 Å². The van der Waals surface area contributed by atoms with Gasteiger partial charge in [0, 0.05) is 32.5 Å². The number of alkyl halides is 3. The number of aromatic nitrogens is 1. The van der Waals surface area contributed by atoms with E-state index in [0.29, 0.717) is 17.7 Å². The van der Waals surface area contributed by atoms with Gasteiger partial charge in [0.2, 0.25) is 0 Å². The van der Waals surface area contributed by atoms with Crippen molar-refractivity contribution in [3.05, 3.63) is 23.9 Å². The van der Waals surface area contributed by atoms with Crippen LogP contribution in [0.3, 0.4) is 0 Å². The van der Waals surface area contributed by atoms with Gasteiger partial charge in [0.05, 0.1) is 5.56 Å². The molecule has 0 radical (unpaired) electrons. The number of halogens is 3. The zero-order chi connectivity index (χ0) is 14.9. The molecule has 116 valence electrons. The molecule has 1 aromatic heterocycles. The molecule has 2 aliphatic rings. The summed E-state index contributed by atoms with van der Waals surface area (Å²) in [6, 6.07) is 2.60. The molecule has 0 aliphatic carbocycles. The van der Waals surface area contributed by atoms with Crippen molar-refractivity contribution in [1.82, 2.24) is 4.98 Å². The second-order valence-corrected chi connectivity index (χ2v) is 5.85. The number of ether oxygens (including phenoxy) is 1. The van der Waals surface area contributed by atoms with Crippen LogP contribution in [0.5, 0.6) is 0 Å². The maximum atomic E-state index is 12.5. The standard InChI is InChI=1S/C15H19F3N2O/c16-15(17,18)13-1-2-14(19-9-13)20-6-3-12(10-20)11-4-7-21-8-5-11/h1-2,9,11-12H,3-8,10H2/t12-/m0/s1. The minimum Gasteiger partial charge on any atom is -0.381 e. The highest BCUT2D eigenvalue weighted by atomic mass is 19.4. The van der Waals surface area contributed by atoms with Crippen LogP contribution in [0.25, 0.3) is 0 Å². The summed E-state index contributed by atoms with van der Waals surface area (Å²) < 4.78 is 43.0. The van der Waals surface area contributed by atoms with E-state index in [9.17, 15) is 13.2 Å². The van der Waals surface area contributed by atoms with Gasteiger partial charge in [-0.2, -0.15) is 13.2 Å². The van der Waals surface area contributed by atoms with Gasteiger partial charge >= 0.3 is 6.18 Å². The highest BCUT2D eigenvalue weighted by Gasteiger charge is 2.33. The SMILES string of the molecule is FC(F)(F)c1ccc(N2CC[C@H](C3CCOCC3)C2)nc1. The molecular formula is C15H19F3N2O. The van der Waals surface area contributed by atoms with Crippen LogP contribution in [0.1, 0.15) is 24.8 Å². The maximum Gasteiger partial charge on any atom is 0.417 e. The second kappa shape index (κ2) is 5.83. The predicted molar refractivity (Wildman–Crippen MR) is 73.1 cm³/mol. The average molecular weight is 300 g/mol. The fourth-order valence-electron chi connectivity index (χ4n) is 3.31. The Morgan fingerprint density at radius 3 is 2.48 bits per heavy atom. The fraction of sp³-hybridized carbons (Fsp3) is 0.667. The second-order valence-electron chi connectivity index (χ2n) is 5.85. The molecular weight excluding hydrogens is 281 g/mol. The quantitative estimate of drug-likeness (QED) is 0.837. The van der Waals surface area contributed by atoms with Gasteiger partial charge in [0.15, 0.2) is 0 Å². The summed E-state index contributed by atoms with van der Waals surface area (Å²) in [5.41, 5.74) is -0.688. The van der Waals surface area contributed by atoms with Gasteiger partial charge in [-0.3, -0.25) is 0 Å². The minimum absolute atomic E-state index is 0.609. The van der Waals surface area contributed by atoms with Crippen molar-refractivity contribution in [2.45, 2.75) is 25.4 Å². The summed E-state index contributed by atoms with van der Waals surface area (Å²) >= 11 is 0. The normalized spacial score (nSPS) is 24.5. The Kier molecular flexibility index (Phi) is 4.06. The smallest absolute Gasteiger partial charge is 0.381 e. The third kappa shape index (κ3) is 3.31. The molecule has 0 saturated carbocycles. The summed E-state index contributed by atoms with van der Waals surface area (Å²) in [5.74, 6) is 1.94. The molecule has 0 spiro atoms. The Bertz CT molecular complexity index is 469. The van der Waals surface area contributed by atoms with Crippen LogP contribution in [-0.4, -0.2) is 31.3 Å². The van der Waals surface area contributed by atoms with E-state index in [1.165, 1.54) is 6.07 Å². The van der Waals surface area contributed by atoms with E-state index < -0.39 is 11.7 Å². The largest absolute Gasteiger partial charge is 0.417 e. The predicted octanol–water partition coefficient (Wildman–Crippen LogP) is 3.35. The van der Waals surface area contributed by atoms with Crippen molar-refractivity contribution in [2.24, 2.45) is 11.8 Å². The number of hydrogen-bond donors (Lipinski definition) is 0. The first-order valence-corrected chi connectivity index (χ1v) is 7.40. The summed E-state index contributed by atoms with van der Waals surface area (Å²) in [6.07, 6.45) is -0.108. The molecule has 0 N–H and O–H groups in total. The van der Waals surface area contributed by atoms with Crippen molar-refractivity contribution in [1.29, 1.82) is 0 Å². The van der Waals surface area contributed by atoms with Crippen molar-refractivity contribution in [3.8, 4) is 0 Å². The van der Waals surface area contributed by atoms with Gasteiger partial charge in [-0.25, -0.2) is 4.98 Å². The van der Waals surface area contributed by atoms with Gasteiger partial charge in [-0.15, -0.1) is 0 Å². The van der Waals surface area contributed by atoms with Crippen LogP contribution in [0.4, 0.5) is 19.0 Å². The summed E-state index contributed by atoms with van der Waals surface area (Å²) in [5, 5.41) is 0. The van der Waals surface area contributed by atoms with Crippen LogP contribution >= 0.6 is 0 Å². The Morgan fingerprint density at radius 2 is 1.86 bits per heavy atom. The van der Waals surface area contributed by atoms with Crippen molar-refractivity contribution < 1.29 is 17.9 Å². The van der Waals surface area contributed by atoms with Crippen LogP contribution < -0.4 is 4.90 Å². The first-order chi connectivity index (χ1) is 10.0. The van der Waals surface area contributed by atoms with Gasteiger partial charge in [-0.1, -0.05) is 0 Å². The number of nitrogens with zero attached hydrogens (tertiary/aromatic N) is 2. The molecule has 2 aliphatic heterocycles. The Hall–Kier alpha value is -1.30. The number of pyridine rings is 1. The van der Waals surface area contributed by atoms with Crippen LogP contribution in [-0.2, 0) is 10.9 Å². The molecule has 0 bridgehead atoms. The lowest BCUT2D eigenvalue weighted by atomic mass is 9.85. The van der Waals surface area contributed by atoms with E-state index in [-0.39, 0.29) is 0 Å². The molecule has 1 aromatic rings. The third-order valence-corrected chi connectivity index (χ3v) is 4.56. The zero-order valence-corrected chi connectivity index (χ0v) is 11.8. The molecule has 6 heteroatoms. The van der Waals surface area contributed by atoms with E-state index in [4.69, 9.17) is 4.74 Å². The Balaban J connectivity index is 1.63. The molecule has 3 rings (SSSR count). The molecule has 0 amide bonds. The first kappa shape index (κ1) is 14.6. The number of rotatable bonds is 2. The van der Waals surface area contributed by atoms with E-state index >= 15 is 0 Å². The lowest BCUT2D eigenvalue weighted by Crippen LogP contribution is -2.27. The Labute approximate surface area is 122 Å². The van der Waals surface area contributed by atoms with E-state index in [1.807, 2.05) is 0 Å². The van der Waals surface area contributed by atoms with Crippen LogP contribution in [0.15, 0.2) is 18.3 Å². The van der Waals surface area contributed by atoms with Gasteiger partial charge in [0.1, 0.15) is 5.82 Å². The lowest BCUT2D eigenvalue weighted by molar-refractivity contribution is -0.137. The minimum atomic E-state index is -4.32. The number of anilines is 1. The molecule has 0 unspecified atom stereocenters. The zero-order valence-electron chi connectivity index (χ0n) is 11.8. The van der Waals surface area contributed by atoms with Crippen LogP contribution in [0, 0.1) is 11.8 Å². The van der Waals surface area contributed by atoms with Crippen molar-refractivity contribution in [2.75, 3.05) is 31.2 Å². The summed E-state index contributed by atoms with van der Waals surface area (Å²) in [7, 11) is 0. The van der Waals surface area contributed by atoms with Gasteiger partial charge < -0.3 is 9.64 Å². The highest BCUT2D eigenvalue weighted by Crippen LogP contribution is 2.34. The molecule has 2 saturated heterocycles. The van der Waals surface area contributed by atoms with E-state index in [1.54, 1.807) is 0 Å². The molecule has 0 aromatic carbocycles. The molecule has 21 heavy (non-hydrogen) atoms. The molecule has 3 nitrogen and oxygen atoms in total. The summed E-state index contributed by atoms with van der Waals surface area (Å²) in [4.78, 5) is 6.09. The average Bonchev–Trinajstić information content (AvgIpc) is 2.97.